The van der Waals surface area contributed by atoms with Crippen molar-refractivity contribution in [3.8, 4) is 0 Å². The van der Waals surface area contributed by atoms with E-state index >= 15 is 0 Å². The number of carbonyl (C=O) groups is 2. The van der Waals surface area contributed by atoms with Crippen LogP contribution in [-0.2, 0) is 4.79 Å². The molecule has 0 bridgehead atoms. The minimum atomic E-state index is -0.459. The monoisotopic (exact) mass is 390 g/mol. The van der Waals surface area contributed by atoms with E-state index in [0.29, 0.717) is 32.9 Å². The van der Waals surface area contributed by atoms with Crippen LogP contribution in [0.3, 0.4) is 0 Å². The van der Waals surface area contributed by atoms with Crippen LogP contribution in [0, 0.1) is 12.1 Å². The lowest BCUT2D eigenvalue weighted by molar-refractivity contribution is -0.584. The topological polar surface area (TPSA) is 102 Å². The smallest absolute Gasteiger partial charge is 0.285 e. The van der Waals surface area contributed by atoms with Gasteiger partial charge in [-0.2, -0.15) is 4.73 Å². The number of fused-ring (bicyclic) bond motifs is 2. The fourth-order valence-electron chi connectivity index (χ4n) is 3.15. The Kier molecular flexibility index (Phi) is 4.38. The third kappa shape index (κ3) is 3.25. The van der Waals surface area contributed by atoms with Crippen molar-refractivity contribution >= 4 is 45.4 Å². The highest BCUT2D eigenvalue weighted by Crippen LogP contribution is 2.28. The van der Waals surface area contributed by atoms with Crippen LogP contribution < -0.4 is 14.9 Å². The van der Waals surface area contributed by atoms with Crippen LogP contribution in [0.5, 0.6) is 0 Å². The van der Waals surface area contributed by atoms with Crippen LogP contribution >= 0.6 is 0 Å². The number of rotatable bonds is 3. The number of para-hydroxylation sites is 2. The van der Waals surface area contributed by atoms with Crippen LogP contribution in [0.2, 0.25) is 0 Å². The predicted molar refractivity (Wildman–Crippen MR) is 109 cm³/mol. The van der Waals surface area contributed by atoms with Gasteiger partial charge in [0.25, 0.3) is 5.91 Å². The van der Waals surface area contributed by atoms with Gasteiger partial charge in [0.1, 0.15) is 11.1 Å². The van der Waals surface area contributed by atoms with Crippen molar-refractivity contribution in [3.63, 3.8) is 0 Å². The number of furan rings is 1. The first-order chi connectivity index (χ1) is 13.8. The van der Waals surface area contributed by atoms with E-state index in [0.717, 1.165) is 5.39 Å². The zero-order valence-electron chi connectivity index (χ0n) is 16.1. The molecule has 0 aliphatic heterocycles. The lowest BCUT2D eigenvalue weighted by atomic mass is 10.2. The Morgan fingerprint density at radius 3 is 2.69 bits per heavy atom. The molecular formula is C21H18N4O4. The number of benzene rings is 2. The van der Waals surface area contributed by atoms with Crippen molar-refractivity contribution < 1.29 is 18.7 Å². The van der Waals surface area contributed by atoms with E-state index < -0.39 is 5.91 Å². The van der Waals surface area contributed by atoms with E-state index in [-0.39, 0.29) is 17.3 Å². The third-order valence-corrected chi connectivity index (χ3v) is 4.64. The maximum Gasteiger partial charge on any atom is 0.285 e. The fraction of sp³-hybridized carbons (Fsp3) is 0.143. The Bertz CT molecular complexity index is 1280. The van der Waals surface area contributed by atoms with E-state index in [2.05, 4.69) is 10.3 Å². The summed E-state index contributed by atoms with van der Waals surface area (Å²) in [5.41, 5.74) is 2.31. The predicted octanol–water partition coefficient (Wildman–Crippen LogP) is 3.16. The quantitative estimate of drug-likeness (QED) is 0.428. The summed E-state index contributed by atoms with van der Waals surface area (Å²) in [6.07, 6.45) is 0. The van der Waals surface area contributed by atoms with Crippen LogP contribution in [-0.4, -0.2) is 23.8 Å². The molecule has 8 heteroatoms. The van der Waals surface area contributed by atoms with E-state index in [4.69, 9.17) is 4.42 Å². The minimum Gasteiger partial charge on any atom is -0.618 e. The van der Waals surface area contributed by atoms with E-state index in [9.17, 15) is 14.8 Å². The number of carbonyl (C=O) groups excluding carboxylic acids is 2. The third-order valence-electron chi connectivity index (χ3n) is 4.64. The van der Waals surface area contributed by atoms with Gasteiger partial charge in [0.15, 0.2) is 5.69 Å². The first-order valence-electron chi connectivity index (χ1n) is 8.93. The number of hydrogen-bond donors (Lipinski definition) is 1. The molecular weight excluding hydrogens is 372 g/mol. The maximum atomic E-state index is 13.0. The molecule has 0 aliphatic carbocycles. The second kappa shape index (κ2) is 6.90. The molecule has 4 aromatic rings. The summed E-state index contributed by atoms with van der Waals surface area (Å²) in [6, 6.07) is 13.7. The molecule has 0 radical (unpaired) electrons. The first kappa shape index (κ1) is 18.4. The number of anilines is 2. The van der Waals surface area contributed by atoms with Gasteiger partial charge in [-0.15, -0.1) is 0 Å². The Hall–Kier alpha value is -3.94. The highest BCUT2D eigenvalue weighted by molar-refractivity contribution is 6.06. The van der Waals surface area contributed by atoms with Crippen LogP contribution in [0.15, 0.2) is 52.9 Å². The van der Waals surface area contributed by atoms with Crippen molar-refractivity contribution in [3.05, 3.63) is 65.1 Å². The average Bonchev–Trinajstić information content (AvgIpc) is 3.12. The fourth-order valence-corrected chi connectivity index (χ4v) is 3.15. The molecule has 2 heterocycles. The molecule has 2 aromatic carbocycles. The standard InChI is InChI=1S/C21H18N4O4/c1-12-20(23-16-6-4-5-7-17(16)25(12)28)21(27)24(3)19-11-14-10-15(22-13(2)26)8-9-18(14)29-19/h4-11H,1-3H3,(H,22,26). The van der Waals surface area contributed by atoms with Gasteiger partial charge in [-0.05, 0) is 24.3 Å². The molecule has 0 spiro atoms. The van der Waals surface area contributed by atoms with Crippen LogP contribution in [0.1, 0.15) is 23.1 Å². The second-order valence-corrected chi connectivity index (χ2v) is 6.71. The molecule has 146 valence electrons. The summed E-state index contributed by atoms with van der Waals surface area (Å²) >= 11 is 0. The molecule has 8 nitrogen and oxygen atoms in total. The Labute approximate surface area is 166 Å². The van der Waals surface area contributed by atoms with E-state index in [1.54, 1.807) is 62.5 Å². The zero-order chi connectivity index (χ0) is 20.7. The van der Waals surface area contributed by atoms with Crippen molar-refractivity contribution in [2.75, 3.05) is 17.3 Å². The van der Waals surface area contributed by atoms with Crippen molar-refractivity contribution in [1.82, 2.24) is 4.98 Å². The number of amides is 2. The number of aromatic nitrogens is 2. The molecule has 0 fully saturated rings. The van der Waals surface area contributed by atoms with Crippen LogP contribution in [0.4, 0.5) is 11.6 Å². The molecule has 1 N–H and O–H groups in total. The molecule has 2 amide bonds. The summed E-state index contributed by atoms with van der Waals surface area (Å²) in [6.45, 7) is 2.99. The number of nitrogens with zero attached hydrogens (tertiary/aromatic N) is 3. The summed E-state index contributed by atoms with van der Waals surface area (Å²) < 4.78 is 6.48. The summed E-state index contributed by atoms with van der Waals surface area (Å²) in [4.78, 5) is 30.0. The number of hydrogen-bond acceptors (Lipinski definition) is 5. The van der Waals surface area contributed by atoms with Crippen molar-refractivity contribution in [2.24, 2.45) is 0 Å². The van der Waals surface area contributed by atoms with Gasteiger partial charge in [-0.25, -0.2) is 4.98 Å². The SMILES string of the molecule is CC(=O)Nc1ccc2oc(N(C)C(=O)c3nc4ccccc4[n+]([O-])c3C)cc2c1. The van der Waals surface area contributed by atoms with Crippen LogP contribution in [0.25, 0.3) is 22.0 Å². The lowest BCUT2D eigenvalue weighted by Gasteiger charge is -2.15. The maximum absolute atomic E-state index is 13.0. The van der Waals surface area contributed by atoms with E-state index in [1.165, 1.54) is 11.8 Å². The minimum absolute atomic E-state index is 0.0561. The largest absolute Gasteiger partial charge is 0.618 e. The normalized spacial score (nSPS) is 11.0. The van der Waals surface area contributed by atoms with Crippen molar-refractivity contribution in [2.45, 2.75) is 13.8 Å². The molecule has 0 saturated carbocycles. The van der Waals surface area contributed by atoms with Gasteiger partial charge < -0.3 is 14.9 Å². The highest BCUT2D eigenvalue weighted by Gasteiger charge is 2.26. The summed E-state index contributed by atoms with van der Waals surface area (Å²) in [7, 11) is 1.56. The molecule has 2 aromatic heterocycles. The lowest BCUT2D eigenvalue weighted by Crippen LogP contribution is -2.37. The summed E-state index contributed by atoms with van der Waals surface area (Å²) in [5, 5.41) is 16.0. The molecule has 0 saturated heterocycles. The summed E-state index contributed by atoms with van der Waals surface area (Å²) in [5.74, 6) is -0.333. The van der Waals surface area contributed by atoms with Crippen molar-refractivity contribution in [1.29, 1.82) is 0 Å². The Morgan fingerprint density at radius 1 is 1.17 bits per heavy atom. The average molecular weight is 390 g/mol. The van der Waals surface area contributed by atoms with Gasteiger partial charge in [-0.3, -0.25) is 14.5 Å². The first-order valence-corrected chi connectivity index (χ1v) is 8.93. The molecule has 4 rings (SSSR count). The molecule has 29 heavy (non-hydrogen) atoms. The molecule has 0 atom stereocenters. The Morgan fingerprint density at radius 2 is 1.93 bits per heavy atom. The van der Waals surface area contributed by atoms with Gasteiger partial charge >= 0.3 is 0 Å². The zero-order valence-corrected chi connectivity index (χ0v) is 16.1. The molecule has 0 unspecified atom stereocenters. The van der Waals surface area contributed by atoms with Gasteiger partial charge in [0, 0.05) is 44.1 Å². The number of nitrogens with one attached hydrogen (secondary N) is 1. The van der Waals surface area contributed by atoms with Gasteiger partial charge in [0.05, 0.1) is 0 Å². The highest BCUT2D eigenvalue weighted by atomic mass is 16.5. The van der Waals surface area contributed by atoms with E-state index in [1.807, 2.05) is 0 Å². The second-order valence-electron chi connectivity index (χ2n) is 6.71. The van der Waals surface area contributed by atoms with Gasteiger partial charge in [-0.1, -0.05) is 12.1 Å². The van der Waals surface area contributed by atoms with Gasteiger partial charge in [0.2, 0.25) is 23.0 Å². The molecule has 0 aliphatic rings. The Balaban J connectivity index is 1.72.